The van der Waals surface area contributed by atoms with E-state index in [2.05, 4.69) is 30.6 Å². The van der Waals surface area contributed by atoms with Gasteiger partial charge in [-0.3, -0.25) is 9.80 Å². The topological polar surface area (TPSA) is 6.48 Å². The molecule has 2 saturated heterocycles. The smallest absolute Gasteiger partial charge is 0.0249 e. The zero-order valence-electron chi connectivity index (χ0n) is 14.6. The van der Waals surface area contributed by atoms with Crippen LogP contribution in [0.5, 0.6) is 0 Å². The molecule has 2 heteroatoms. The van der Waals surface area contributed by atoms with E-state index in [0.717, 1.165) is 30.0 Å². The molecule has 3 rings (SSSR count). The van der Waals surface area contributed by atoms with Crippen LogP contribution in [0.4, 0.5) is 0 Å². The van der Waals surface area contributed by atoms with Crippen LogP contribution in [0.15, 0.2) is 0 Å². The molecule has 0 aromatic carbocycles. The van der Waals surface area contributed by atoms with Crippen molar-refractivity contribution in [3.8, 4) is 0 Å². The van der Waals surface area contributed by atoms with Crippen molar-refractivity contribution in [1.82, 2.24) is 9.80 Å². The van der Waals surface area contributed by atoms with Crippen molar-refractivity contribution in [1.29, 1.82) is 0 Å². The second-order valence-electron chi connectivity index (χ2n) is 8.25. The summed E-state index contributed by atoms with van der Waals surface area (Å²) in [4.78, 5) is 5.80. The summed E-state index contributed by atoms with van der Waals surface area (Å²) in [5.74, 6) is 1.80. The van der Waals surface area contributed by atoms with Crippen molar-refractivity contribution in [3.05, 3.63) is 0 Å². The molecule has 122 valence electrons. The summed E-state index contributed by atoms with van der Waals surface area (Å²) in [7, 11) is 0. The highest BCUT2D eigenvalue weighted by Crippen LogP contribution is 2.35. The Morgan fingerprint density at radius 2 is 1.76 bits per heavy atom. The quantitative estimate of drug-likeness (QED) is 0.771. The first-order valence-corrected chi connectivity index (χ1v) is 9.68. The van der Waals surface area contributed by atoms with Crippen LogP contribution in [0.3, 0.4) is 0 Å². The third kappa shape index (κ3) is 3.47. The first-order chi connectivity index (χ1) is 10.2. The van der Waals surface area contributed by atoms with Crippen molar-refractivity contribution in [2.75, 3.05) is 19.6 Å². The highest BCUT2D eigenvalue weighted by Gasteiger charge is 2.40. The average Bonchev–Trinajstić information content (AvgIpc) is 2.53. The van der Waals surface area contributed by atoms with Crippen molar-refractivity contribution >= 4 is 0 Å². The fraction of sp³-hybridized carbons (Fsp3) is 1.00. The van der Waals surface area contributed by atoms with Crippen LogP contribution in [-0.2, 0) is 0 Å². The molecule has 2 aliphatic heterocycles. The van der Waals surface area contributed by atoms with Crippen LogP contribution in [0.2, 0.25) is 0 Å². The van der Waals surface area contributed by atoms with E-state index in [1.165, 1.54) is 71.0 Å². The van der Waals surface area contributed by atoms with Gasteiger partial charge in [-0.1, -0.05) is 46.5 Å². The molecule has 1 aliphatic carbocycles. The van der Waals surface area contributed by atoms with Crippen LogP contribution < -0.4 is 0 Å². The van der Waals surface area contributed by atoms with Crippen LogP contribution in [0.25, 0.3) is 0 Å². The van der Waals surface area contributed by atoms with E-state index in [1.54, 1.807) is 0 Å². The van der Waals surface area contributed by atoms with Crippen LogP contribution in [-0.4, -0.2) is 47.6 Å². The van der Waals surface area contributed by atoms with E-state index in [-0.39, 0.29) is 0 Å². The molecule has 4 unspecified atom stereocenters. The summed E-state index contributed by atoms with van der Waals surface area (Å²) in [6, 6.07) is 2.57. The van der Waals surface area contributed by atoms with Gasteiger partial charge in [0.25, 0.3) is 0 Å². The van der Waals surface area contributed by atoms with E-state index < -0.39 is 0 Å². The fourth-order valence-corrected chi connectivity index (χ4v) is 5.18. The number of piperidine rings is 1. The number of rotatable bonds is 3. The van der Waals surface area contributed by atoms with Gasteiger partial charge in [-0.2, -0.15) is 0 Å². The molecule has 0 amide bonds. The number of fused-ring (bicyclic) bond motifs is 1. The first-order valence-electron chi connectivity index (χ1n) is 9.68. The van der Waals surface area contributed by atoms with E-state index in [9.17, 15) is 0 Å². The van der Waals surface area contributed by atoms with E-state index in [4.69, 9.17) is 0 Å². The minimum atomic E-state index is 0.801. The Kier molecular flexibility index (Phi) is 5.27. The van der Waals surface area contributed by atoms with Gasteiger partial charge in [0.2, 0.25) is 0 Å². The molecule has 21 heavy (non-hydrogen) atoms. The second-order valence-corrected chi connectivity index (χ2v) is 8.25. The average molecular weight is 293 g/mol. The Bertz CT molecular complexity index is 328. The third-order valence-corrected chi connectivity index (χ3v) is 6.59. The maximum absolute atomic E-state index is 2.97. The number of nitrogens with zero attached hydrogens (tertiary/aromatic N) is 2. The van der Waals surface area contributed by atoms with Crippen LogP contribution in [0, 0.1) is 11.8 Å². The highest BCUT2D eigenvalue weighted by molar-refractivity contribution is 4.95. The fourth-order valence-electron chi connectivity index (χ4n) is 5.18. The van der Waals surface area contributed by atoms with Gasteiger partial charge >= 0.3 is 0 Å². The van der Waals surface area contributed by atoms with Crippen molar-refractivity contribution < 1.29 is 0 Å². The molecule has 2 nitrogen and oxygen atoms in total. The highest BCUT2D eigenvalue weighted by atomic mass is 15.3. The number of hydrogen-bond acceptors (Lipinski definition) is 2. The summed E-state index contributed by atoms with van der Waals surface area (Å²) in [6.45, 7) is 11.4. The summed E-state index contributed by atoms with van der Waals surface area (Å²) >= 11 is 0. The van der Waals surface area contributed by atoms with Gasteiger partial charge < -0.3 is 0 Å². The van der Waals surface area contributed by atoms with E-state index in [1.807, 2.05) is 0 Å². The lowest BCUT2D eigenvalue weighted by Crippen LogP contribution is -2.63. The van der Waals surface area contributed by atoms with Crippen molar-refractivity contribution in [3.63, 3.8) is 0 Å². The standard InChI is InChI=1S/C19H36N2/c1-4-16-8-7-10-17(12-16)21-13-18-9-5-6-11-20(18)14-19(21)15(2)3/h15-19H,4-14H2,1-3H3. The molecular weight excluding hydrogens is 256 g/mol. The maximum atomic E-state index is 2.97. The normalized spacial score (nSPS) is 39.4. The number of piperazine rings is 1. The Morgan fingerprint density at radius 3 is 2.52 bits per heavy atom. The molecule has 0 radical (unpaired) electrons. The Balaban J connectivity index is 1.71. The molecular formula is C19H36N2. The largest absolute Gasteiger partial charge is 0.298 e. The molecule has 3 fully saturated rings. The molecule has 0 spiro atoms. The van der Waals surface area contributed by atoms with Crippen molar-refractivity contribution in [2.45, 2.75) is 90.3 Å². The van der Waals surface area contributed by atoms with Gasteiger partial charge in [-0.05, 0) is 44.1 Å². The third-order valence-electron chi connectivity index (χ3n) is 6.59. The molecule has 0 aromatic heterocycles. The molecule has 3 aliphatic rings. The van der Waals surface area contributed by atoms with Gasteiger partial charge in [-0.15, -0.1) is 0 Å². The summed E-state index contributed by atoms with van der Waals surface area (Å²) in [5, 5.41) is 0. The summed E-state index contributed by atoms with van der Waals surface area (Å²) in [5.41, 5.74) is 0. The summed E-state index contributed by atoms with van der Waals surface area (Å²) in [6.07, 6.45) is 11.6. The first kappa shape index (κ1) is 15.8. The van der Waals surface area contributed by atoms with Crippen molar-refractivity contribution in [2.24, 2.45) is 11.8 Å². The minimum Gasteiger partial charge on any atom is -0.298 e. The van der Waals surface area contributed by atoms with Gasteiger partial charge in [0, 0.05) is 31.2 Å². The van der Waals surface area contributed by atoms with Gasteiger partial charge in [-0.25, -0.2) is 0 Å². The second kappa shape index (κ2) is 7.00. The predicted molar refractivity (Wildman–Crippen MR) is 90.6 cm³/mol. The number of hydrogen-bond donors (Lipinski definition) is 0. The van der Waals surface area contributed by atoms with Gasteiger partial charge in [0.05, 0.1) is 0 Å². The zero-order valence-corrected chi connectivity index (χ0v) is 14.6. The molecule has 0 aromatic rings. The molecule has 0 bridgehead atoms. The van der Waals surface area contributed by atoms with Gasteiger partial charge in [0.1, 0.15) is 0 Å². The lowest BCUT2D eigenvalue weighted by molar-refractivity contribution is -0.0422. The Labute approximate surface area is 132 Å². The lowest BCUT2D eigenvalue weighted by Gasteiger charge is -2.53. The van der Waals surface area contributed by atoms with E-state index >= 15 is 0 Å². The zero-order chi connectivity index (χ0) is 14.8. The molecule has 1 saturated carbocycles. The van der Waals surface area contributed by atoms with E-state index in [0.29, 0.717) is 0 Å². The van der Waals surface area contributed by atoms with Gasteiger partial charge in [0.15, 0.2) is 0 Å². The Hall–Kier alpha value is -0.0800. The lowest BCUT2D eigenvalue weighted by atomic mass is 9.81. The molecule has 0 N–H and O–H groups in total. The monoisotopic (exact) mass is 292 g/mol. The minimum absolute atomic E-state index is 0.801. The van der Waals surface area contributed by atoms with Crippen LogP contribution in [0.1, 0.15) is 72.1 Å². The maximum Gasteiger partial charge on any atom is 0.0249 e. The molecule has 4 atom stereocenters. The summed E-state index contributed by atoms with van der Waals surface area (Å²) < 4.78 is 0. The molecule has 2 heterocycles. The SMILES string of the molecule is CCC1CCCC(N2CC3CCCCN3CC2C(C)C)C1. The van der Waals surface area contributed by atoms with Crippen LogP contribution >= 0.6 is 0 Å². The predicted octanol–water partition coefficient (Wildman–Crippen LogP) is 4.15. The Morgan fingerprint density at radius 1 is 0.952 bits per heavy atom.